The molecular weight excluding hydrogens is 402 g/mol. The van der Waals surface area contributed by atoms with Crippen LogP contribution in [0.5, 0.6) is 11.5 Å². The van der Waals surface area contributed by atoms with Crippen LogP contribution in [0.4, 0.5) is 0 Å². The molecule has 0 spiro atoms. The van der Waals surface area contributed by atoms with Crippen LogP contribution in [-0.4, -0.2) is 28.8 Å². The van der Waals surface area contributed by atoms with Gasteiger partial charge in [-0.05, 0) is 44.9 Å². The average Bonchev–Trinajstić information content (AvgIpc) is 3.47. The van der Waals surface area contributed by atoms with E-state index >= 15 is 0 Å². The maximum Gasteiger partial charge on any atom is 0.169 e. The zero-order chi connectivity index (χ0) is 20.4. The molecule has 0 atom stereocenters. The number of rotatable bonds is 7. The van der Waals surface area contributed by atoms with E-state index in [-0.39, 0.29) is 0 Å². The van der Waals surface area contributed by atoms with Crippen LogP contribution in [0.2, 0.25) is 0 Å². The summed E-state index contributed by atoms with van der Waals surface area (Å²) < 4.78 is 13.2. The number of imidazole rings is 1. The number of nitrogens with zero attached hydrogens (tertiary/aromatic N) is 3. The zero-order valence-electron chi connectivity index (χ0n) is 17.4. The van der Waals surface area contributed by atoms with Gasteiger partial charge in [0.1, 0.15) is 5.01 Å². The first-order valence-corrected chi connectivity index (χ1v) is 11.8. The van der Waals surface area contributed by atoms with Crippen molar-refractivity contribution in [3.63, 3.8) is 0 Å². The highest BCUT2D eigenvalue weighted by Gasteiger charge is 2.23. The van der Waals surface area contributed by atoms with E-state index in [1.165, 1.54) is 31.4 Å². The van der Waals surface area contributed by atoms with E-state index in [1.54, 1.807) is 37.3 Å². The van der Waals surface area contributed by atoms with Crippen molar-refractivity contribution < 1.29 is 9.47 Å². The molecule has 4 rings (SSSR count). The number of ether oxygens (including phenoxy) is 2. The number of thioether (sulfide) groups is 1. The topological polar surface area (TPSA) is 49.2 Å². The maximum atomic E-state index is 5.42. The SMILES string of the molecule is COc1ccc(-c2nc(CSc3nc(C)c(C)n3C3CCCC3)cs2)cc1OC. The van der Waals surface area contributed by atoms with Gasteiger partial charge < -0.3 is 14.0 Å². The predicted octanol–water partition coefficient (Wildman–Crippen LogP) is 6.05. The van der Waals surface area contributed by atoms with Gasteiger partial charge >= 0.3 is 0 Å². The van der Waals surface area contributed by atoms with Crippen LogP contribution >= 0.6 is 23.1 Å². The standard InChI is InChI=1S/C22H27N3O2S2/c1-14-15(2)25(18-7-5-6-8-18)22(23-14)29-13-17-12-28-21(24-17)16-9-10-19(26-3)20(11-16)27-4/h9-12,18H,5-8,13H2,1-4H3. The molecule has 1 aliphatic carbocycles. The minimum Gasteiger partial charge on any atom is -0.493 e. The van der Waals surface area contributed by atoms with Crippen molar-refractivity contribution >= 4 is 23.1 Å². The first-order chi connectivity index (χ1) is 14.1. The van der Waals surface area contributed by atoms with Crippen molar-refractivity contribution in [1.82, 2.24) is 14.5 Å². The normalized spacial score (nSPS) is 14.5. The van der Waals surface area contributed by atoms with Gasteiger partial charge in [-0.2, -0.15) is 0 Å². The molecule has 1 fully saturated rings. The fourth-order valence-corrected chi connectivity index (χ4v) is 5.88. The van der Waals surface area contributed by atoms with Gasteiger partial charge in [0.15, 0.2) is 16.7 Å². The summed E-state index contributed by atoms with van der Waals surface area (Å²) in [5.74, 6) is 2.28. The molecule has 2 heterocycles. The lowest BCUT2D eigenvalue weighted by Crippen LogP contribution is -2.08. The highest BCUT2D eigenvalue weighted by molar-refractivity contribution is 7.98. The van der Waals surface area contributed by atoms with Gasteiger partial charge in [-0.1, -0.05) is 24.6 Å². The third-order valence-electron chi connectivity index (χ3n) is 5.58. The highest BCUT2D eigenvalue weighted by Crippen LogP contribution is 2.37. The van der Waals surface area contributed by atoms with Crippen LogP contribution in [0.1, 0.15) is 48.8 Å². The van der Waals surface area contributed by atoms with E-state index in [2.05, 4.69) is 23.8 Å². The number of hydrogen-bond donors (Lipinski definition) is 0. The largest absolute Gasteiger partial charge is 0.493 e. The second kappa shape index (κ2) is 8.79. The summed E-state index contributed by atoms with van der Waals surface area (Å²) in [6, 6.07) is 6.54. The summed E-state index contributed by atoms with van der Waals surface area (Å²) in [5.41, 5.74) is 4.58. The molecule has 29 heavy (non-hydrogen) atoms. The molecule has 154 valence electrons. The summed E-state index contributed by atoms with van der Waals surface area (Å²) in [6.07, 6.45) is 5.19. The summed E-state index contributed by atoms with van der Waals surface area (Å²) in [6.45, 7) is 4.31. The number of benzene rings is 1. The molecule has 0 amide bonds. The van der Waals surface area contributed by atoms with Crippen molar-refractivity contribution in [2.24, 2.45) is 0 Å². The molecule has 1 saturated carbocycles. The molecule has 0 aliphatic heterocycles. The molecule has 2 aromatic heterocycles. The summed E-state index contributed by atoms with van der Waals surface area (Å²) >= 11 is 3.46. The quantitative estimate of drug-likeness (QED) is 0.428. The van der Waals surface area contributed by atoms with Gasteiger partial charge in [-0.15, -0.1) is 11.3 Å². The fraction of sp³-hybridized carbons (Fsp3) is 0.455. The molecule has 0 bridgehead atoms. The third-order valence-corrected chi connectivity index (χ3v) is 7.50. The van der Waals surface area contributed by atoms with E-state index < -0.39 is 0 Å². The Kier molecular flexibility index (Phi) is 6.15. The fourth-order valence-electron chi connectivity index (χ4n) is 3.90. The van der Waals surface area contributed by atoms with Gasteiger partial charge in [0, 0.05) is 28.4 Å². The van der Waals surface area contributed by atoms with E-state index in [9.17, 15) is 0 Å². The molecule has 0 saturated heterocycles. The van der Waals surface area contributed by atoms with Gasteiger partial charge in [-0.3, -0.25) is 0 Å². The van der Waals surface area contributed by atoms with Gasteiger partial charge in [0.05, 0.1) is 25.6 Å². The number of aryl methyl sites for hydroxylation is 1. The average molecular weight is 430 g/mol. The Bertz CT molecular complexity index is 990. The van der Waals surface area contributed by atoms with Crippen molar-refractivity contribution in [2.45, 2.75) is 56.5 Å². The predicted molar refractivity (Wildman–Crippen MR) is 119 cm³/mol. The molecule has 0 N–H and O–H groups in total. The maximum absolute atomic E-state index is 5.42. The van der Waals surface area contributed by atoms with Crippen LogP contribution in [0.25, 0.3) is 10.6 Å². The Morgan fingerprint density at radius 1 is 1.10 bits per heavy atom. The lowest BCUT2D eigenvalue weighted by atomic mass is 10.2. The van der Waals surface area contributed by atoms with Crippen LogP contribution in [0, 0.1) is 13.8 Å². The summed E-state index contributed by atoms with van der Waals surface area (Å²) in [5, 5.41) is 4.27. The molecule has 7 heteroatoms. The summed E-state index contributed by atoms with van der Waals surface area (Å²) in [4.78, 5) is 9.69. The Morgan fingerprint density at radius 3 is 2.59 bits per heavy atom. The zero-order valence-corrected chi connectivity index (χ0v) is 19.0. The minimum atomic E-state index is 0.608. The lowest BCUT2D eigenvalue weighted by molar-refractivity contribution is 0.355. The van der Waals surface area contributed by atoms with E-state index in [1.807, 2.05) is 18.2 Å². The Morgan fingerprint density at radius 2 is 1.86 bits per heavy atom. The van der Waals surface area contributed by atoms with Crippen LogP contribution in [-0.2, 0) is 5.75 Å². The second-order valence-electron chi connectivity index (χ2n) is 7.38. The van der Waals surface area contributed by atoms with E-state index in [0.29, 0.717) is 6.04 Å². The van der Waals surface area contributed by atoms with E-state index in [0.717, 1.165) is 44.4 Å². The number of aromatic nitrogens is 3. The second-order valence-corrected chi connectivity index (χ2v) is 9.18. The van der Waals surface area contributed by atoms with Gasteiger partial charge in [-0.25, -0.2) is 9.97 Å². The number of thiazole rings is 1. The lowest BCUT2D eigenvalue weighted by Gasteiger charge is -2.16. The molecule has 1 aliphatic rings. The smallest absolute Gasteiger partial charge is 0.169 e. The van der Waals surface area contributed by atoms with Crippen LogP contribution in [0.15, 0.2) is 28.7 Å². The van der Waals surface area contributed by atoms with Crippen molar-refractivity contribution in [2.75, 3.05) is 14.2 Å². The first kappa shape index (κ1) is 20.3. The molecule has 3 aromatic rings. The molecular formula is C22H27N3O2S2. The number of methoxy groups -OCH3 is 2. The molecule has 0 radical (unpaired) electrons. The van der Waals surface area contributed by atoms with Gasteiger partial charge in [0.2, 0.25) is 0 Å². The van der Waals surface area contributed by atoms with E-state index in [4.69, 9.17) is 19.4 Å². The van der Waals surface area contributed by atoms with Crippen molar-refractivity contribution in [3.05, 3.63) is 40.7 Å². The first-order valence-electron chi connectivity index (χ1n) is 9.95. The van der Waals surface area contributed by atoms with Gasteiger partial charge in [0.25, 0.3) is 0 Å². The third kappa shape index (κ3) is 4.16. The Balaban J connectivity index is 1.50. The molecule has 1 aromatic carbocycles. The van der Waals surface area contributed by atoms with Crippen LogP contribution < -0.4 is 9.47 Å². The summed E-state index contributed by atoms with van der Waals surface area (Å²) in [7, 11) is 3.30. The number of hydrogen-bond acceptors (Lipinski definition) is 6. The Hall–Kier alpha value is -1.99. The highest BCUT2D eigenvalue weighted by atomic mass is 32.2. The monoisotopic (exact) mass is 429 g/mol. The van der Waals surface area contributed by atoms with Crippen molar-refractivity contribution in [3.8, 4) is 22.1 Å². The Labute approximate surface area is 180 Å². The minimum absolute atomic E-state index is 0.608. The molecule has 0 unspecified atom stereocenters. The van der Waals surface area contributed by atoms with Crippen LogP contribution in [0.3, 0.4) is 0 Å². The molecule has 5 nitrogen and oxygen atoms in total. The van der Waals surface area contributed by atoms with Crippen molar-refractivity contribution in [1.29, 1.82) is 0 Å².